The largest absolute Gasteiger partial charge is 0.379 e. The molecule has 24 heteroatoms. The summed E-state index contributed by atoms with van der Waals surface area (Å²) >= 11 is 0. The Kier molecular flexibility index (Phi) is 31.0. The SMILES string of the molecule is CC(C)c1cc(C(C)C)c(S(=O)(=O)Oc2cc(C3CCCCC3)c(S(=O)(=O)O)c(C3CCC4(CCC(c5cc(S(=O)(=O)O)cc(C6CCCC(C7CCCCC7c7cc(C8CCCCC8)cc(C8CCCCC8)c7S(=O)(=O)Oc7cc(C8CCCCC8)c(S(=O)(=O)O)c(C8CCCCC8)c7)C6)c5OS(=O)(=O)c5c(C(C)C)cc(C(C)C)cc5C(C)C)CC4)CC3)c2)c(C(C)C)c1. The minimum Gasteiger partial charge on any atom is -0.379 e. The highest BCUT2D eigenvalue weighted by Gasteiger charge is 2.48. The number of benzene rings is 6. The van der Waals surface area contributed by atoms with Gasteiger partial charge in [-0.05, 0) is 356 Å². The molecular formula is C107H150O18S6. The monoisotopic (exact) mass is 1910 g/mol. The predicted molar refractivity (Wildman–Crippen MR) is 519 cm³/mol. The van der Waals surface area contributed by atoms with E-state index in [1.807, 2.05) is 79.7 Å². The Morgan fingerprint density at radius 2 is 0.580 bits per heavy atom. The molecular weight excluding hydrogens is 1770 g/mol. The van der Waals surface area contributed by atoms with Gasteiger partial charge in [-0.1, -0.05) is 241 Å². The van der Waals surface area contributed by atoms with Gasteiger partial charge in [0.2, 0.25) is 0 Å². The van der Waals surface area contributed by atoms with Crippen molar-refractivity contribution in [1.29, 1.82) is 0 Å². The van der Waals surface area contributed by atoms with Crippen molar-refractivity contribution < 1.29 is 76.7 Å². The molecule has 0 amide bonds. The molecule has 0 saturated heterocycles. The molecule has 722 valence electrons. The van der Waals surface area contributed by atoms with E-state index in [4.69, 9.17) is 12.5 Å². The van der Waals surface area contributed by atoms with Crippen LogP contribution in [0.4, 0.5) is 0 Å². The van der Waals surface area contributed by atoms with Crippen LogP contribution in [-0.2, 0) is 60.7 Å². The fourth-order valence-corrected chi connectivity index (χ4v) is 33.4. The Bertz CT molecular complexity index is 5740. The van der Waals surface area contributed by atoms with Crippen molar-refractivity contribution in [1.82, 2.24) is 0 Å². The van der Waals surface area contributed by atoms with Crippen molar-refractivity contribution in [2.24, 2.45) is 17.3 Å². The predicted octanol–water partition coefficient (Wildman–Crippen LogP) is 29.0. The molecule has 0 aromatic heterocycles. The maximum Gasteiger partial charge on any atom is 0.339 e. The first-order valence-corrected chi connectivity index (χ1v) is 59.4. The van der Waals surface area contributed by atoms with Crippen molar-refractivity contribution in [3.05, 3.63) is 156 Å². The zero-order valence-electron chi connectivity index (χ0n) is 80.1. The van der Waals surface area contributed by atoms with Crippen LogP contribution in [0.15, 0.2) is 102 Å². The van der Waals surface area contributed by atoms with Crippen LogP contribution in [0.1, 0.15) is 519 Å². The molecule has 0 bridgehead atoms. The Morgan fingerprint density at radius 1 is 0.275 bits per heavy atom. The molecule has 9 saturated carbocycles. The van der Waals surface area contributed by atoms with E-state index >= 15 is 25.3 Å². The second-order valence-corrected chi connectivity index (χ2v) is 52.3. The van der Waals surface area contributed by atoms with Crippen LogP contribution < -0.4 is 12.5 Å². The van der Waals surface area contributed by atoms with Gasteiger partial charge in [-0.15, -0.1) is 0 Å². The van der Waals surface area contributed by atoms with E-state index in [1.54, 1.807) is 24.3 Å². The first-order chi connectivity index (χ1) is 62.0. The first kappa shape index (κ1) is 99.8. The van der Waals surface area contributed by atoms with Gasteiger partial charge in [-0.25, -0.2) is 0 Å². The van der Waals surface area contributed by atoms with E-state index in [0.29, 0.717) is 171 Å². The summed E-state index contributed by atoms with van der Waals surface area (Å²) in [5.74, 6) is -3.09. The second-order valence-electron chi connectivity index (χ2n) is 43.7. The maximum atomic E-state index is 16.7. The fourth-order valence-electron chi connectivity index (χ4n) is 26.0. The molecule has 3 N–H and O–H groups in total. The van der Waals surface area contributed by atoms with Gasteiger partial charge >= 0.3 is 30.4 Å². The lowest BCUT2D eigenvalue weighted by Gasteiger charge is -2.46. The number of rotatable bonds is 28. The zero-order chi connectivity index (χ0) is 93.8. The van der Waals surface area contributed by atoms with Gasteiger partial charge < -0.3 is 12.5 Å². The van der Waals surface area contributed by atoms with Crippen molar-refractivity contribution in [3.8, 4) is 17.2 Å². The number of hydrogen-bond acceptors (Lipinski definition) is 15. The Hall–Kier alpha value is -5.70. The van der Waals surface area contributed by atoms with Gasteiger partial charge in [-0.2, -0.15) is 50.5 Å². The lowest BCUT2D eigenvalue weighted by Crippen LogP contribution is -2.32. The maximum absolute atomic E-state index is 16.7. The highest BCUT2D eigenvalue weighted by molar-refractivity contribution is 7.88. The molecule has 131 heavy (non-hydrogen) atoms. The van der Waals surface area contributed by atoms with Crippen molar-refractivity contribution >= 4 is 60.7 Å². The van der Waals surface area contributed by atoms with Crippen LogP contribution >= 0.6 is 0 Å². The normalized spacial score (nSPS) is 24.2. The molecule has 4 unspecified atom stereocenters. The third kappa shape index (κ3) is 22.1. The van der Waals surface area contributed by atoms with Crippen LogP contribution in [0.5, 0.6) is 17.2 Å². The molecule has 18 nitrogen and oxygen atoms in total. The summed E-state index contributed by atoms with van der Waals surface area (Å²) in [5.41, 5.74) is 9.22. The van der Waals surface area contributed by atoms with E-state index in [1.165, 1.54) is 12.1 Å². The lowest BCUT2D eigenvalue weighted by molar-refractivity contribution is 0.104. The van der Waals surface area contributed by atoms with Crippen molar-refractivity contribution in [2.75, 3.05) is 0 Å². The van der Waals surface area contributed by atoms with Crippen LogP contribution in [-0.4, -0.2) is 64.2 Å². The highest BCUT2D eigenvalue weighted by atomic mass is 32.2. The average Bonchev–Trinajstić information content (AvgIpc) is 0.749. The van der Waals surface area contributed by atoms with Gasteiger partial charge in [0.25, 0.3) is 30.4 Å². The second kappa shape index (κ2) is 40.8. The first-order valence-electron chi connectivity index (χ1n) is 50.8. The molecule has 9 fully saturated rings. The molecule has 9 aliphatic rings. The topological polar surface area (TPSA) is 293 Å². The molecule has 6 aromatic rings. The van der Waals surface area contributed by atoms with Crippen molar-refractivity contribution in [3.63, 3.8) is 0 Å². The molecule has 1 spiro atoms. The molecule has 9 aliphatic carbocycles. The van der Waals surface area contributed by atoms with E-state index < -0.39 is 78.5 Å². The molecule has 15 rings (SSSR count). The zero-order valence-corrected chi connectivity index (χ0v) is 85.0. The van der Waals surface area contributed by atoms with Gasteiger partial charge in [0.15, 0.2) is 0 Å². The van der Waals surface area contributed by atoms with E-state index in [-0.39, 0.29) is 135 Å². The van der Waals surface area contributed by atoms with Crippen LogP contribution in [0, 0.1) is 17.3 Å². The molecule has 6 aromatic carbocycles. The lowest BCUT2D eigenvalue weighted by atomic mass is 9.60. The van der Waals surface area contributed by atoms with Crippen LogP contribution in [0.3, 0.4) is 0 Å². The minimum atomic E-state index is -5.00. The van der Waals surface area contributed by atoms with E-state index in [2.05, 4.69) is 39.8 Å². The Morgan fingerprint density at radius 3 is 0.939 bits per heavy atom. The summed E-state index contributed by atoms with van der Waals surface area (Å²) in [6, 6.07) is 21.6. The van der Waals surface area contributed by atoms with Gasteiger partial charge in [0.05, 0.1) is 4.90 Å². The molecule has 0 heterocycles. The van der Waals surface area contributed by atoms with Gasteiger partial charge in [0, 0.05) is 11.1 Å². The summed E-state index contributed by atoms with van der Waals surface area (Å²) < 4.78 is 237. The summed E-state index contributed by atoms with van der Waals surface area (Å²) in [6.07, 6.45) is 32.0. The van der Waals surface area contributed by atoms with Crippen LogP contribution in [0.2, 0.25) is 0 Å². The molecule has 0 aliphatic heterocycles. The van der Waals surface area contributed by atoms with Crippen molar-refractivity contribution in [2.45, 2.75) is 464 Å². The summed E-state index contributed by atoms with van der Waals surface area (Å²) in [7, 11) is -28.8. The Labute approximate surface area is 786 Å². The quantitative estimate of drug-likeness (QED) is 0.0304. The Balaban J connectivity index is 0.810. The summed E-state index contributed by atoms with van der Waals surface area (Å²) in [4.78, 5) is -0.219. The van der Waals surface area contributed by atoms with E-state index in [0.717, 1.165) is 175 Å². The fraction of sp³-hybridized carbons (Fsp3) is 0.664. The third-order valence-electron chi connectivity index (χ3n) is 33.1. The molecule has 4 atom stereocenters. The highest BCUT2D eigenvalue weighted by Crippen LogP contribution is 2.60. The standard InChI is InChI=1S/C107H150O18S6/c1-66(2)81-54-89(68(5)6)104(90(55-81)69(7)8)129(117,118)123-85-62-98(76-39-26-17-27-40-76)103(128(114,115)116)99(63-85)78-47-51-107(52-48-78)49-45-77(46-50-107)93-64-86(126(108,109)110)65-94(101(93)125-131(121,122)105-91(70(9)10)56-82(67(3)4)57-92(105)71(11)12)80-42-30-41-79(53-80)87-43-28-29-44-88(87)100-59-83(72-31-18-13-19-32-72)58-95(73-33-20-14-21-34-73)106(100)130(119,120)124-84-60-96(74-35-22-15-23-36-74)102(127(111,112)113)97(61-84)75-37-24-16-25-38-75/h54-80,87-88H,13-53H2,1-12H3,(H,108,109,110)(H,111,112,113)(H,114,115,116). The number of hydrogen-bond donors (Lipinski definition) is 3. The van der Waals surface area contributed by atoms with Gasteiger partial charge in [-0.3, -0.25) is 13.7 Å². The third-order valence-corrected chi connectivity index (χ3v) is 40.0. The summed E-state index contributed by atoms with van der Waals surface area (Å²) in [6.45, 7) is 24.1. The summed E-state index contributed by atoms with van der Waals surface area (Å²) in [5, 5.41) is 0. The smallest absolute Gasteiger partial charge is 0.339 e. The molecule has 0 radical (unpaired) electrons. The van der Waals surface area contributed by atoms with E-state index in [9.17, 15) is 38.9 Å². The van der Waals surface area contributed by atoms with Crippen LogP contribution in [0.25, 0.3) is 0 Å². The minimum absolute atomic E-state index is 0.000981. The average molecular weight is 1920 g/mol. The van der Waals surface area contributed by atoms with Gasteiger partial charge in [0.1, 0.15) is 41.7 Å².